The number of hydrogen-bond acceptors (Lipinski definition) is 4. The maximum Gasteiger partial charge on any atom is 0.355 e. The highest BCUT2D eigenvalue weighted by Crippen LogP contribution is 2.47. The molecule has 0 radical (unpaired) electrons. The lowest BCUT2D eigenvalue weighted by molar-refractivity contribution is -0.165. The number of fused-ring (bicyclic) bond motifs is 3. The van der Waals surface area contributed by atoms with Crippen molar-refractivity contribution in [1.29, 1.82) is 0 Å². The average molecular weight is 339 g/mol. The number of carbonyl (C=O) groups excluding carboxylic acids is 1. The first-order valence-electron chi connectivity index (χ1n) is 8.78. The predicted octanol–water partition coefficient (Wildman–Crippen LogP) is 3.85. The fraction of sp³-hybridized carbons (Fsp3) is 0.381. The summed E-state index contributed by atoms with van der Waals surface area (Å²) in [6.07, 6.45) is 1.40. The van der Waals surface area contributed by atoms with Crippen molar-refractivity contribution in [2.45, 2.75) is 25.4 Å². The number of hydrogen-bond donors (Lipinski definition) is 0. The second-order valence-electron chi connectivity index (χ2n) is 6.66. The second kappa shape index (κ2) is 7.28. The van der Waals surface area contributed by atoms with Crippen molar-refractivity contribution in [2.24, 2.45) is 0 Å². The standard InChI is InChI=1S/C21H25NO3/c1-4-13-21(20(23)24-15-14-22(2)3)18-11-7-5-9-16(18)17-10-6-8-12-19(17)25-21/h5-12H,4,13-15H2,1-3H3. The molecule has 1 unspecified atom stereocenters. The zero-order valence-electron chi connectivity index (χ0n) is 15.1. The van der Waals surface area contributed by atoms with Crippen molar-refractivity contribution in [3.8, 4) is 16.9 Å². The Balaban J connectivity index is 2.03. The largest absolute Gasteiger partial charge is 0.470 e. The van der Waals surface area contributed by atoms with Crippen LogP contribution in [0.5, 0.6) is 5.75 Å². The van der Waals surface area contributed by atoms with E-state index in [0.29, 0.717) is 19.6 Å². The molecular formula is C21H25NO3. The van der Waals surface area contributed by atoms with Gasteiger partial charge in [0.25, 0.3) is 0 Å². The summed E-state index contributed by atoms with van der Waals surface area (Å²) in [4.78, 5) is 15.1. The van der Waals surface area contributed by atoms with E-state index in [-0.39, 0.29) is 5.97 Å². The Morgan fingerprint density at radius 2 is 1.76 bits per heavy atom. The first kappa shape index (κ1) is 17.5. The maximum absolute atomic E-state index is 13.1. The van der Waals surface area contributed by atoms with E-state index in [1.54, 1.807) is 0 Å². The number of carbonyl (C=O) groups is 1. The van der Waals surface area contributed by atoms with Crippen LogP contribution in [0.25, 0.3) is 11.1 Å². The zero-order valence-corrected chi connectivity index (χ0v) is 15.1. The summed E-state index contributed by atoms with van der Waals surface area (Å²) in [7, 11) is 3.91. The van der Waals surface area contributed by atoms with Gasteiger partial charge in [-0.3, -0.25) is 0 Å². The summed E-state index contributed by atoms with van der Waals surface area (Å²) in [6, 6.07) is 15.8. The van der Waals surface area contributed by atoms with Crippen LogP contribution in [0.3, 0.4) is 0 Å². The molecule has 1 heterocycles. The minimum atomic E-state index is -1.08. The van der Waals surface area contributed by atoms with E-state index < -0.39 is 5.60 Å². The van der Waals surface area contributed by atoms with Crippen molar-refractivity contribution in [3.63, 3.8) is 0 Å². The molecule has 0 bridgehead atoms. The van der Waals surface area contributed by atoms with Crippen LogP contribution in [-0.4, -0.2) is 38.1 Å². The SMILES string of the molecule is CCCC1(C(=O)OCCN(C)C)Oc2ccccc2-c2ccccc21. The molecule has 0 saturated carbocycles. The van der Waals surface area contributed by atoms with Gasteiger partial charge in [-0.1, -0.05) is 55.8 Å². The molecule has 132 valence electrons. The Hall–Kier alpha value is -2.33. The molecule has 2 aromatic carbocycles. The Bertz CT molecular complexity index is 756. The smallest absolute Gasteiger partial charge is 0.355 e. The van der Waals surface area contributed by atoms with Crippen molar-refractivity contribution in [3.05, 3.63) is 54.1 Å². The van der Waals surface area contributed by atoms with E-state index in [0.717, 1.165) is 28.9 Å². The summed E-state index contributed by atoms with van der Waals surface area (Å²) in [5, 5.41) is 0. The summed E-state index contributed by atoms with van der Waals surface area (Å²) in [5.41, 5.74) is 1.88. The third-order valence-electron chi connectivity index (χ3n) is 4.53. The van der Waals surface area contributed by atoms with Crippen molar-refractivity contribution < 1.29 is 14.3 Å². The molecule has 0 aliphatic carbocycles. The van der Waals surface area contributed by atoms with Crippen LogP contribution in [0.2, 0.25) is 0 Å². The highest BCUT2D eigenvalue weighted by Gasteiger charge is 2.48. The van der Waals surface area contributed by atoms with Gasteiger partial charge < -0.3 is 14.4 Å². The summed E-state index contributed by atoms with van der Waals surface area (Å²) >= 11 is 0. The minimum absolute atomic E-state index is 0.307. The molecule has 0 spiro atoms. The topological polar surface area (TPSA) is 38.8 Å². The lowest BCUT2D eigenvalue weighted by Crippen LogP contribution is -2.45. The van der Waals surface area contributed by atoms with Gasteiger partial charge in [-0.2, -0.15) is 0 Å². The van der Waals surface area contributed by atoms with Crippen molar-refractivity contribution in [1.82, 2.24) is 4.90 Å². The molecule has 4 heteroatoms. The fourth-order valence-electron chi connectivity index (χ4n) is 3.32. The molecule has 1 aliphatic heterocycles. The van der Waals surface area contributed by atoms with E-state index in [1.165, 1.54) is 0 Å². The second-order valence-corrected chi connectivity index (χ2v) is 6.66. The van der Waals surface area contributed by atoms with Crippen molar-refractivity contribution >= 4 is 5.97 Å². The van der Waals surface area contributed by atoms with Crippen LogP contribution < -0.4 is 4.74 Å². The van der Waals surface area contributed by atoms with Crippen LogP contribution in [0.15, 0.2) is 48.5 Å². The fourth-order valence-corrected chi connectivity index (χ4v) is 3.32. The molecule has 1 atom stereocenters. The van der Waals surface area contributed by atoms with E-state index in [4.69, 9.17) is 9.47 Å². The molecular weight excluding hydrogens is 314 g/mol. The molecule has 2 aromatic rings. The van der Waals surface area contributed by atoms with Crippen LogP contribution >= 0.6 is 0 Å². The highest BCUT2D eigenvalue weighted by molar-refractivity contribution is 5.89. The zero-order chi connectivity index (χ0) is 17.9. The molecule has 1 aliphatic rings. The number of likely N-dealkylation sites (N-methyl/N-ethyl adjacent to an activating group) is 1. The minimum Gasteiger partial charge on any atom is -0.470 e. The van der Waals surface area contributed by atoms with Gasteiger partial charge in [0.15, 0.2) is 0 Å². The number of benzene rings is 2. The monoisotopic (exact) mass is 339 g/mol. The summed E-state index contributed by atoms with van der Waals surface area (Å²) in [6.45, 7) is 3.10. The molecule has 0 amide bonds. The summed E-state index contributed by atoms with van der Waals surface area (Å²) < 4.78 is 11.9. The number of nitrogens with zero attached hydrogens (tertiary/aromatic N) is 1. The van der Waals surface area contributed by atoms with Gasteiger partial charge >= 0.3 is 5.97 Å². The lowest BCUT2D eigenvalue weighted by atomic mass is 9.81. The molecule has 0 saturated heterocycles. The molecule has 25 heavy (non-hydrogen) atoms. The van der Waals surface area contributed by atoms with Gasteiger partial charge in [-0.05, 0) is 25.7 Å². The molecule has 0 fully saturated rings. The highest BCUT2D eigenvalue weighted by atomic mass is 16.6. The number of rotatable bonds is 6. The van der Waals surface area contributed by atoms with Crippen LogP contribution in [-0.2, 0) is 15.1 Å². The van der Waals surface area contributed by atoms with Crippen LogP contribution in [0, 0.1) is 0 Å². The maximum atomic E-state index is 13.1. The number of para-hydroxylation sites is 1. The Labute approximate surface area is 149 Å². The van der Waals surface area contributed by atoms with Gasteiger partial charge in [0.05, 0.1) is 0 Å². The van der Waals surface area contributed by atoms with Gasteiger partial charge in [-0.25, -0.2) is 4.79 Å². The first-order valence-corrected chi connectivity index (χ1v) is 8.78. The third kappa shape index (κ3) is 3.27. The van der Waals surface area contributed by atoms with E-state index in [9.17, 15) is 4.79 Å². The van der Waals surface area contributed by atoms with Crippen LogP contribution in [0.4, 0.5) is 0 Å². The van der Waals surface area contributed by atoms with Gasteiger partial charge in [-0.15, -0.1) is 0 Å². The van der Waals surface area contributed by atoms with Gasteiger partial charge in [0.1, 0.15) is 12.4 Å². The molecule has 3 rings (SSSR count). The van der Waals surface area contributed by atoms with Crippen LogP contribution in [0.1, 0.15) is 25.3 Å². The van der Waals surface area contributed by atoms with E-state index >= 15 is 0 Å². The molecule has 0 N–H and O–H groups in total. The first-order chi connectivity index (χ1) is 12.1. The molecule has 4 nitrogen and oxygen atoms in total. The third-order valence-corrected chi connectivity index (χ3v) is 4.53. The normalized spacial score (nSPS) is 18.2. The van der Waals surface area contributed by atoms with Gasteiger partial charge in [0.2, 0.25) is 5.60 Å². The lowest BCUT2D eigenvalue weighted by Gasteiger charge is -2.38. The summed E-state index contributed by atoms with van der Waals surface area (Å²) in [5.74, 6) is 0.428. The average Bonchev–Trinajstić information content (AvgIpc) is 2.61. The Morgan fingerprint density at radius 1 is 1.08 bits per heavy atom. The quantitative estimate of drug-likeness (QED) is 0.750. The van der Waals surface area contributed by atoms with Crippen molar-refractivity contribution in [2.75, 3.05) is 27.2 Å². The number of ether oxygens (including phenoxy) is 2. The van der Waals surface area contributed by atoms with Gasteiger partial charge in [0, 0.05) is 24.1 Å². The Morgan fingerprint density at radius 3 is 2.48 bits per heavy atom. The van der Waals surface area contributed by atoms with E-state index in [2.05, 4.69) is 6.92 Å². The molecule has 0 aromatic heterocycles. The predicted molar refractivity (Wildman–Crippen MR) is 98.6 cm³/mol. The van der Waals surface area contributed by atoms with E-state index in [1.807, 2.05) is 67.5 Å². The Kier molecular flexibility index (Phi) is 5.09. The number of esters is 1.